The maximum Gasteiger partial charge on any atom is 0.293 e. The summed E-state index contributed by atoms with van der Waals surface area (Å²) in [5.74, 6) is -0.124. The number of nitrogens with zero attached hydrogens (tertiary/aromatic N) is 4. The second-order valence-electron chi connectivity index (χ2n) is 7.30. The minimum Gasteiger partial charge on any atom is -0.594 e. The first-order valence-corrected chi connectivity index (χ1v) is 9.42. The van der Waals surface area contributed by atoms with Gasteiger partial charge in [0.15, 0.2) is 0 Å². The zero-order chi connectivity index (χ0) is 20.3. The summed E-state index contributed by atoms with van der Waals surface area (Å²) in [5.41, 5.74) is 1.05. The van der Waals surface area contributed by atoms with Gasteiger partial charge in [0, 0.05) is 58.3 Å². The van der Waals surface area contributed by atoms with Crippen molar-refractivity contribution < 1.29 is 47.1 Å². The summed E-state index contributed by atoms with van der Waals surface area (Å²) in [7, 11) is 0. The molecule has 1 aliphatic rings. The molecule has 1 saturated heterocycles. The molecule has 1 N–H and O–H groups in total. The largest absolute Gasteiger partial charge is 0.594 e. The van der Waals surface area contributed by atoms with E-state index in [-0.39, 0.29) is 50.3 Å². The van der Waals surface area contributed by atoms with E-state index in [0.717, 1.165) is 12.8 Å². The Kier molecular flexibility index (Phi) is 8.46. The van der Waals surface area contributed by atoms with Crippen molar-refractivity contribution in [3.63, 3.8) is 0 Å². The molecule has 1 aliphatic heterocycles. The summed E-state index contributed by atoms with van der Waals surface area (Å²) in [6, 6.07) is 6.57. The van der Waals surface area contributed by atoms with Crippen molar-refractivity contribution in [2.45, 2.75) is 32.2 Å². The Morgan fingerprint density at radius 2 is 1.97 bits per heavy atom. The van der Waals surface area contributed by atoms with E-state index in [9.17, 15) is 14.8 Å². The van der Waals surface area contributed by atoms with E-state index in [4.69, 9.17) is 0 Å². The average molecular weight is 472 g/mol. The molecule has 2 aromatic rings. The standard InChI is InChI=1S/C20H25N5O3.Y/c1-13(15(3)26)14(2)21-19(27)12-16-8-10-24(11-9-16)20-22-17-6-4-5-7-18(17)25(28)23-20;/h4-7,13-14,16H,1-2,8-12H2,3H3,(H,21,27);/q-2;. The van der Waals surface area contributed by atoms with Gasteiger partial charge in [-0.25, -0.2) is 4.98 Å². The number of benzene rings is 1. The number of Topliss-reactive ketones (excluding diaryl/α,β-unsaturated/α-hetero) is 1. The SMILES string of the molecule is [CH2-]C(NC(=O)CC1CCN(c2nc3ccccc3[n+]([O-])n2)CC1)C([CH2-])C(C)=O.[Y]. The summed E-state index contributed by atoms with van der Waals surface area (Å²) in [5, 5.41) is 18.9. The van der Waals surface area contributed by atoms with Crippen molar-refractivity contribution >= 4 is 28.7 Å². The Labute approximate surface area is 195 Å². The number of fused-ring (bicyclic) bond motifs is 1. The van der Waals surface area contributed by atoms with Crippen molar-refractivity contribution in [1.82, 2.24) is 15.4 Å². The number of carbonyl (C=O) groups excluding carboxylic acids is 2. The minimum absolute atomic E-state index is 0. The fraction of sp³-hybridized carbons (Fsp3) is 0.450. The maximum absolute atomic E-state index is 12.2. The van der Waals surface area contributed by atoms with E-state index in [1.165, 1.54) is 6.92 Å². The van der Waals surface area contributed by atoms with E-state index < -0.39 is 12.0 Å². The van der Waals surface area contributed by atoms with Crippen molar-refractivity contribution in [2.24, 2.45) is 11.8 Å². The van der Waals surface area contributed by atoms with Crippen LogP contribution in [0.15, 0.2) is 24.3 Å². The predicted octanol–water partition coefficient (Wildman–Crippen LogP) is 1.23. The van der Waals surface area contributed by atoms with E-state index in [1.54, 1.807) is 18.2 Å². The van der Waals surface area contributed by atoms with Crippen LogP contribution in [0.4, 0.5) is 5.95 Å². The number of para-hydroxylation sites is 2. The van der Waals surface area contributed by atoms with Crippen molar-refractivity contribution in [3.05, 3.63) is 43.3 Å². The van der Waals surface area contributed by atoms with Gasteiger partial charge in [0.2, 0.25) is 5.91 Å². The molecule has 1 amide bonds. The normalized spacial score (nSPS) is 16.7. The number of piperidine rings is 1. The first-order chi connectivity index (χ1) is 13.3. The molecule has 0 spiro atoms. The van der Waals surface area contributed by atoms with Crippen molar-refractivity contribution in [2.75, 3.05) is 18.0 Å². The quantitative estimate of drug-likeness (QED) is 0.386. The summed E-state index contributed by atoms with van der Waals surface area (Å²) in [4.78, 5) is 30.6. The Balaban J connectivity index is 0.00000300. The molecule has 2 heterocycles. The van der Waals surface area contributed by atoms with Gasteiger partial charge in [-0.15, -0.1) is 12.0 Å². The third-order valence-corrected chi connectivity index (χ3v) is 5.21. The molecule has 29 heavy (non-hydrogen) atoms. The van der Waals surface area contributed by atoms with Crippen molar-refractivity contribution in [3.8, 4) is 0 Å². The Hall–Kier alpha value is -1.67. The van der Waals surface area contributed by atoms with Crippen LogP contribution in [0.5, 0.6) is 0 Å². The molecule has 0 saturated carbocycles. The number of nitrogens with one attached hydrogen (secondary N) is 1. The molecular formula is C20H25N5O3Y-2. The van der Waals surface area contributed by atoms with Crippen LogP contribution in [0.25, 0.3) is 11.0 Å². The van der Waals surface area contributed by atoms with Gasteiger partial charge in [-0.3, -0.25) is 4.79 Å². The monoisotopic (exact) mass is 472 g/mol. The van der Waals surface area contributed by atoms with Crippen LogP contribution >= 0.6 is 0 Å². The Morgan fingerprint density at radius 1 is 1.31 bits per heavy atom. The van der Waals surface area contributed by atoms with Crippen LogP contribution in [0.1, 0.15) is 26.2 Å². The van der Waals surface area contributed by atoms with E-state index in [2.05, 4.69) is 29.2 Å². The molecule has 153 valence electrons. The minimum atomic E-state index is -0.547. The van der Waals surface area contributed by atoms with Crippen LogP contribution in [0.3, 0.4) is 0 Å². The molecule has 1 radical (unpaired) electrons. The molecule has 0 aliphatic carbocycles. The van der Waals surface area contributed by atoms with Crippen LogP contribution in [-0.2, 0) is 42.3 Å². The number of hydrogen-bond donors (Lipinski definition) is 1. The maximum atomic E-state index is 12.2. The van der Waals surface area contributed by atoms with E-state index >= 15 is 0 Å². The number of anilines is 1. The van der Waals surface area contributed by atoms with E-state index in [1.807, 2.05) is 11.0 Å². The second kappa shape index (κ2) is 10.4. The Morgan fingerprint density at radius 3 is 2.62 bits per heavy atom. The van der Waals surface area contributed by atoms with Gasteiger partial charge < -0.3 is 34.1 Å². The van der Waals surface area contributed by atoms with Gasteiger partial charge in [0.25, 0.3) is 11.5 Å². The number of amides is 1. The van der Waals surface area contributed by atoms with Crippen molar-refractivity contribution in [1.29, 1.82) is 0 Å². The topological polar surface area (TPSA) is 102 Å². The third kappa shape index (κ3) is 5.92. The molecular weight excluding hydrogens is 447 g/mol. The fourth-order valence-corrected chi connectivity index (χ4v) is 3.37. The molecule has 0 bridgehead atoms. The number of ketones is 1. The number of aromatic nitrogens is 3. The fourth-order valence-electron chi connectivity index (χ4n) is 3.37. The van der Waals surface area contributed by atoms with E-state index in [0.29, 0.717) is 41.3 Å². The van der Waals surface area contributed by atoms with Gasteiger partial charge in [-0.05, 0) is 36.6 Å². The molecule has 1 aromatic carbocycles. The summed E-state index contributed by atoms with van der Waals surface area (Å²) >= 11 is 0. The molecule has 2 atom stereocenters. The predicted molar refractivity (Wildman–Crippen MR) is 105 cm³/mol. The smallest absolute Gasteiger partial charge is 0.293 e. The Bertz CT molecular complexity index is 870. The second-order valence-corrected chi connectivity index (χ2v) is 7.30. The number of carbonyl (C=O) groups is 2. The third-order valence-electron chi connectivity index (χ3n) is 5.21. The zero-order valence-electron chi connectivity index (χ0n) is 16.6. The van der Waals surface area contributed by atoms with Gasteiger partial charge in [-0.2, -0.15) is 0 Å². The van der Waals surface area contributed by atoms with Crippen LogP contribution in [0.2, 0.25) is 0 Å². The molecule has 8 nitrogen and oxygen atoms in total. The van der Waals surface area contributed by atoms with Gasteiger partial charge in [-0.1, -0.05) is 12.1 Å². The number of rotatable bonds is 6. The molecule has 1 aromatic heterocycles. The van der Waals surface area contributed by atoms with Crippen LogP contribution in [-0.4, -0.2) is 40.9 Å². The first kappa shape index (κ1) is 23.6. The first-order valence-electron chi connectivity index (χ1n) is 9.42. The summed E-state index contributed by atoms with van der Waals surface area (Å²) in [6.07, 6.45) is 1.97. The van der Waals surface area contributed by atoms with Gasteiger partial charge in [0.05, 0.1) is 5.10 Å². The van der Waals surface area contributed by atoms with Crippen LogP contribution < -0.4 is 15.1 Å². The molecule has 1 fully saturated rings. The molecule has 9 heteroatoms. The summed E-state index contributed by atoms with van der Waals surface area (Å²) < 4.78 is 0. The van der Waals surface area contributed by atoms with Crippen LogP contribution in [0, 0.1) is 30.9 Å². The summed E-state index contributed by atoms with van der Waals surface area (Å²) in [6.45, 7) is 10.3. The average Bonchev–Trinajstić information content (AvgIpc) is 2.67. The molecule has 3 rings (SSSR count). The molecule has 2 unspecified atom stereocenters. The van der Waals surface area contributed by atoms with Gasteiger partial charge >= 0.3 is 0 Å². The zero-order valence-corrected chi connectivity index (χ0v) is 19.4. The number of hydrogen-bond acceptors (Lipinski definition) is 6. The van der Waals surface area contributed by atoms with Gasteiger partial charge in [0.1, 0.15) is 11.3 Å².